The van der Waals surface area contributed by atoms with Crippen molar-refractivity contribution in [2.45, 2.75) is 5.25 Å². The van der Waals surface area contributed by atoms with E-state index in [1.807, 2.05) is 0 Å². The van der Waals surface area contributed by atoms with Crippen LogP contribution in [0.15, 0.2) is 24.3 Å². The number of aromatic nitrogens is 2. The van der Waals surface area contributed by atoms with E-state index in [0.717, 1.165) is 24.3 Å². The Balaban J connectivity index is 2.73. The number of aromatic hydroxyl groups is 1. The number of primary sulfonamides is 1. The summed E-state index contributed by atoms with van der Waals surface area (Å²) >= 11 is 5.54. The Morgan fingerprint density at radius 2 is 2.00 bits per heavy atom. The Morgan fingerprint density at radius 3 is 2.55 bits per heavy atom. The van der Waals surface area contributed by atoms with E-state index in [1.165, 1.54) is 0 Å². The highest BCUT2D eigenvalue weighted by Gasteiger charge is 2.31. The second-order valence-electron chi connectivity index (χ2n) is 4.29. The zero-order chi connectivity index (χ0) is 16.5. The van der Waals surface area contributed by atoms with Gasteiger partial charge in [-0.1, -0.05) is 11.6 Å². The lowest BCUT2D eigenvalue weighted by Gasteiger charge is -2.15. The number of hydrogen-bond acceptors (Lipinski definition) is 6. The molecule has 0 bridgehead atoms. The van der Waals surface area contributed by atoms with Crippen LogP contribution in [0.1, 0.15) is 22.1 Å². The van der Waals surface area contributed by atoms with Gasteiger partial charge in [0.1, 0.15) is 22.5 Å². The summed E-state index contributed by atoms with van der Waals surface area (Å²) in [5.74, 6) is -1.40. The molecule has 0 spiro atoms. The summed E-state index contributed by atoms with van der Waals surface area (Å²) < 4.78 is 37.2. The normalized spacial score (nSPS) is 12.6. The summed E-state index contributed by atoms with van der Waals surface area (Å²) in [5.41, 5.74) is -0.683. The number of benzene rings is 1. The first-order chi connectivity index (χ1) is 10.2. The highest BCUT2D eigenvalue weighted by molar-refractivity contribution is 7.89. The molecule has 0 saturated heterocycles. The Hall–Kier alpha value is -2.28. The molecule has 1 aromatic carbocycles. The lowest BCUT2D eigenvalue weighted by atomic mass is 10.1. The average Bonchev–Trinajstić information content (AvgIpc) is 2.39. The van der Waals surface area contributed by atoms with Gasteiger partial charge in [0.15, 0.2) is 5.15 Å². The Labute approximate surface area is 129 Å². The number of nitriles is 1. The lowest BCUT2D eigenvalue weighted by molar-refractivity contribution is 0.460. The molecule has 2 rings (SSSR count). The molecule has 1 aromatic heterocycles. The minimum absolute atomic E-state index is 0.106. The van der Waals surface area contributed by atoms with Crippen LogP contribution in [0.5, 0.6) is 5.75 Å². The predicted octanol–water partition coefficient (Wildman–Crippen LogP) is 1.22. The van der Waals surface area contributed by atoms with Gasteiger partial charge in [0, 0.05) is 6.07 Å². The fourth-order valence-corrected chi connectivity index (χ4v) is 3.02. The number of halogens is 2. The molecule has 10 heteroatoms. The van der Waals surface area contributed by atoms with Crippen molar-refractivity contribution in [1.29, 1.82) is 5.26 Å². The summed E-state index contributed by atoms with van der Waals surface area (Å²) in [7, 11) is -4.33. The smallest absolute Gasteiger partial charge is 0.222 e. The summed E-state index contributed by atoms with van der Waals surface area (Å²) in [6.45, 7) is 0. The third kappa shape index (κ3) is 3.30. The quantitative estimate of drug-likeness (QED) is 0.862. The Morgan fingerprint density at radius 1 is 1.32 bits per heavy atom. The zero-order valence-electron chi connectivity index (χ0n) is 10.7. The van der Waals surface area contributed by atoms with Crippen LogP contribution >= 0.6 is 11.6 Å². The van der Waals surface area contributed by atoms with Crippen molar-refractivity contribution in [3.63, 3.8) is 0 Å². The van der Waals surface area contributed by atoms with Crippen LogP contribution < -0.4 is 5.14 Å². The van der Waals surface area contributed by atoms with Crippen molar-refractivity contribution in [3.05, 3.63) is 52.1 Å². The van der Waals surface area contributed by atoms with Crippen molar-refractivity contribution in [3.8, 4) is 11.8 Å². The SMILES string of the molecule is N#Cc1cc(F)cc(C(c2nnc(Cl)cc2O)S(N)(=O)=O)c1. The number of rotatable bonds is 3. The van der Waals surface area contributed by atoms with Crippen LogP contribution in [0.25, 0.3) is 0 Å². The molecule has 3 N–H and O–H groups in total. The van der Waals surface area contributed by atoms with Gasteiger partial charge in [0.05, 0.1) is 11.6 Å². The van der Waals surface area contributed by atoms with E-state index >= 15 is 0 Å². The Kier molecular flexibility index (Phi) is 4.27. The molecule has 0 fully saturated rings. The standard InChI is InChI=1S/C12H8ClFN4O3S/c13-10-4-9(19)11(18-17-10)12(22(16,20)21)7-1-6(5-15)2-8(14)3-7/h1-4,12H,(H,17,19)(H2,16,20,21). The molecule has 1 atom stereocenters. The molecule has 22 heavy (non-hydrogen) atoms. The van der Waals surface area contributed by atoms with Crippen molar-refractivity contribution in [2.24, 2.45) is 5.14 Å². The molecule has 0 aliphatic heterocycles. The van der Waals surface area contributed by atoms with Gasteiger partial charge < -0.3 is 5.11 Å². The van der Waals surface area contributed by atoms with Crippen molar-refractivity contribution < 1.29 is 17.9 Å². The largest absolute Gasteiger partial charge is 0.506 e. The van der Waals surface area contributed by atoms with Gasteiger partial charge in [0.2, 0.25) is 10.0 Å². The van der Waals surface area contributed by atoms with Gasteiger partial charge in [-0.05, 0) is 23.8 Å². The van der Waals surface area contributed by atoms with Crippen LogP contribution in [0, 0.1) is 17.1 Å². The Bertz CT molecular complexity index is 882. The number of nitrogens with zero attached hydrogens (tertiary/aromatic N) is 3. The first-order valence-electron chi connectivity index (χ1n) is 5.66. The number of hydrogen-bond donors (Lipinski definition) is 2. The van der Waals surface area contributed by atoms with Gasteiger partial charge >= 0.3 is 0 Å². The van der Waals surface area contributed by atoms with E-state index in [-0.39, 0.29) is 16.3 Å². The molecular formula is C12H8ClFN4O3S. The van der Waals surface area contributed by atoms with E-state index in [1.54, 1.807) is 6.07 Å². The third-order valence-electron chi connectivity index (χ3n) is 2.70. The summed E-state index contributed by atoms with van der Waals surface area (Å²) in [6.07, 6.45) is 0. The van der Waals surface area contributed by atoms with Gasteiger partial charge in [-0.3, -0.25) is 0 Å². The monoisotopic (exact) mass is 342 g/mol. The van der Waals surface area contributed by atoms with E-state index < -0.39 is 32.5 Å². The van der Waals surface area contributed by atoms with Crippen LogP contribution in [0.4, 0.5) is 4.39 Å². The molecule has 1 heterocycles. The topological polar surface area (TPSA) is 130 Å². The average molecular weight is 343 g/mol. The molecule has 0 amide bonds. The second kappa shape index (κ2) is 5.84. The maximum absolute atomic E-state index is 13.5. The summed E-state index contributed by atoms with van der Waals surface area (Å²) in [5, 5.41) is 28.9. The van der Waals surface area contributed by atoms with Crippen molar-refractivity contribution in [2.75, 3.05) is 0 Å². The molecule has 0 radical (unpaired) electrons. The van der Waals surface area contributed by atoms with Gasteiger partial charge in [0.25, 0.3) is 0 Å². The first-order valence-corrected chi connectivity index (χ1v) is 7.65. The molecule has 7 nitrogen and oxygen atoms in total. The van der Waals surface area contributed by atoms with Crippen molar-refractivity contribution in [1.82, 2.24) is 10.2 Å². The molecular weight excluding hydrogens is 335 g/mol. The van der Waals surface area contributed by atoms with Crippen molar-refractivity contribution >= 4 is 21.6 Å². The van der Waals surface area contributed by atoms with Crippen LogP contribution in [-0.4, -0.2) is 23.7 Å². The zero-order valence-corrected chi connectivity index (χ0v) is 12.3. The van der Waals surface area contributed by atoms with E-state index in [9.17, 15) is 17.9 Å². The third-order valence-corrected chi connectivity index (χ3v) is 4.04. The fourth-order valence-electron chi connectivity index (χ4n) is 1.89. The predicted molar refractivity (Wildman–Crippen MR) is 74.8 cm³/mol. The lowest BCUT2D eigenvalue weighted by Crippen LogP contribution is -2.24. The molecule has 0 aliphatic carbocycles. The summed E-state index contributed by atoms with van der Waals surface area (Å²) in [4.78, 5) is 0. The van der Waals surface area contributed by atoms with Gasteiger partial charge in [-0.15, -0.1) is 10.2 Å². The highest BCUT2D eigenvalue weighted by Crippen LogP contribution is 2.33. The van der Waals surface area contributed by atoms with E-state index in [4.69, 9.17) is 22.0 Å². The molecule has 0 aliphatic rings. The maximum Gasteiger partial charge on any atom is 0.222 e. The molecule has 2 aromatic rings. The second-order valence-corrected chi connectivity index (χ2v) is 6.33. The molecule has 114 valence electrons. The van der Waals surface area contributed by atoms with Gasteiger partial charge in [-0.2, -0.15) is 5.26 Å². The van der Waals surface area contributed by atoms with Crippen LogP contribution in [0.3, 0.4) is 0 Å². The van der Waals surface area contributed by atoms with E-state index in [0.29, 0.717) is 0 Å². The fraction of sp³-hybridized carbons (Fsp3) is 0.0833. The number of nitrogens with two attached hydrogens (primary N) is 1. The van der Waals surface area contributed by atoms with Crippen LogP contribution in [-0.2, 0) is 10.0 Å². The minimum atomic E-state index is -4.33. The van der Waals surface area contributed by atoms with Gasteiger partial charge in [-0.25, -0.2) is 17.9 Å². The maximum atomic E-state index is 13.5. The van der Waals surface area contributed by atoms with Crippen LogP contribution in [0.2, 0.25) is 5.15 Å². The molecule has 0 saturated carbocycles. The summed E-state index contributed by atoms with van der Waals surface area (Å²) in [6, 6.07) is 5.61. The highest BCUT2D eigenvalue weighted by atomic mass is 35.5. The number of sulfonamides is 1. The van der Waals surface area contributed by atoms with E-state index in [2.05, 4.69) is 10.2 Å². The minimum Gasteiger partial charge on any atom is -0.506 e. The molecule has 1 unspecified atom stereocenters. The first kappa shape index (κ1) is 16.1.